The van der Waals surface area contributed by atoms with Crippen molar-refractivity contribution in [2.75, 3.05) is 31.1 Å². The van der Waals surface area contributed by atoms with Crippen LogP contribution in [0.2, 0.25) is 0 Å². The molecule has 0 radical (unpaired) electrons. The predicted molar refractivity (Wildman–Crippen MR) is 113 cm³/mol. The number of halogens is 1. The van der Waals surface area contributed by atoms with Gasteiger partial charge in [0.25, 0.3) is 5.91 Å². The number of rotatable bonds is 2. The van der Waals surface area contributed by atoms with Crippen LogP contribution in [0.1, 0.15) is 36.7 Å². The summed E-state index contributed by atoms with van der Waals surface area (Å²) in [6.45, 7) is 9.17. The molecule has 0 unspecified atom stereocenters. The molecule has 1 aliphatic rings. The predicted octanol–water partition coefficient (Wildman–Crippen LogP) is 4.70. The van der Waals surface area contributed by atoms with Crippen molar-refractivity contribution in [1.82, 2.24) is 9.88 Å². The van der Waals surface area contributed by atoms with E-state index in [2.05, 4.69) is 30.7 Å². The third-order valence-corrected chi connectivity index (χ3v) is 6.28. The Bertz CT molecular complexity index is 999. The number of fused-ring (bicyclic) bond motifs is 1. The molecule has 1 amide bonds. The molecule has 28 heavy (non-hydrogen) atoms. The van der Waals surface area contributed by atoms with Gasteiger partial charge in [0.2, 0.25) is 0 Å². The number of anilines is 1. The molecule has 0 bridgehead atoms. The highest BCUT2D eigenvalue weighted by Crippen LogP contribution is 2.31. The zero-order valence-electron chi connectivity index (χ0n) is 16.4. The van der Waals surface area contributed by atoms with Gasteiger partial charge in [-0.1, -0.05) is 50.3 Å². The number of nitrogens with zero attached hydrogens (tertiary/aromatic N) is 3. The van der Waals surface area contributed by atoms with Gasteiger partial charge in [-0.3, -0.25) is 4.79 Å². The zero-order valence-corrected chi connectivity index (χ0v) is 17.2. The maximum Gasteiger partial charge on any atom is 0.253 e. The van der Waals surface area contributed by atoms with E-state index in [9.17, 15) is 9.18 Å². The van der Waals surface area contributed by atoms with Crippen LogP contribution in [0.5, 0.6) is 0 Å². The first-order valence-electron chi connectivity index (χ1n) is 9.53. The number of benzene rings is 2. The average molecular weight is 398 g/mol. The Labute approximate surface area is 168 Å². The van der Waals surface area contributed by atoms with E-state index in [1.165, 1.54) is 23.0 Å². The number of carbonyl (C=O) groups excluding carboxylic acids is 1. The van der Waals surface area contributed by atoms with E-state index in [0.717, 1.165) is 15.4 Å². The molecule has 0 saturated carbocycles. The Morgan fingerprint density at radius 1 is 1.04 bits per heavy atom. The second-order valence-electron chi connectivity index (χ2n) is 8.19. The molecule has 3 aromatic rings. The zero-order chi connectivity index (χ0) is 19.9. The van der Waals surface area contributed by atoms with Crippen molar-refractivity contribution < 1.29 is 9.18 Å². The first kappa shape index (κ1) is 18.9. The highest BCUT2D eigenvalue weighted by Gasteiger charge is 2.24. The highest BCUT2D eigenvalue weighted by atomic mass is 32.1. The number of hydrogen-bond acceptors (Lipinski definition) is 4. The summed E-state index contributed by atoms with van der Waals surface area (Å²) in [5, 5.41) is 0.821. The van der Waals surface area contributed by atoms with Crippen molar-refractivity contribution in [2.45, 2.75) is 26.2 Å². The normalized spacial score (nSPS) is 15.3. The van der Waals surface area contributed by atoms with Crippen LogP contribution in [0.4, 0.5) is 9.52 Å². The van der Waals surface area contributed by atoms with E-state index in [1.54, 1.807) is 6.07 Å². The molecule has 4 nitrogen and oxygen atoms in total. The second kappa shape index (κ2) is 7.17. The highest BCUT2D eigenvalue weighted by molar-refractivity contribution is 7.22. The van der Waals surface area contributed by atoms with Gasteiger partial charge in [-0.15, -0.1) is 0 Å². The fourth-order valence-corrected chi connectivity index (χ4v) is 4.47. The lowest BCUT2D eigenvalue weighted by atomic mass is 9.86. The molecule has 0 atom stereocenters. The largest absolute Gasteiger partial charge is 0.345 e. The number of piperazine rings is 1. The summed E-state index contributed by atoms with van der Waals surface area (Å²) in [5.74, 6) is -0.219. The molecule has 1 fully saturated rings. The Morgan fingerprint density at radius 3 is 2.32 bits per heavy atom. The Hall–Kier alpha value is -2.47. The summed E-state index contributed by atoms with van der Waals surface area (Å²) in [7, 11) is 0. The molecule has 0 spiro atoms. The van der Waals surface area contributed by atoms with Gasteiger partial charge in [-0.25, -0.2) is 9.37 Å². The van der Waals surface area contributed by atoms with Gasteiger partial charge in [0.15, 0.2) is 5.13 Å². The van der Waals surface area contributed by atoms with Gasteiger partial charge in [0, 0.05) is 31.7 Å². The van der Waals surface area contributed by atoms with E-state index in [4.69, 9.17) is 0 Å². The maximum absolute atomic E-state index is 13.9. The van der Waals surface area contributed by atoms with Gasteiger partial charge >= 0.3 is 0 Å². The van der Waals surface area contributed by atoms with Gasteiger partial charge in [0.05, 0.1) is 4.70 Å². The molecule has 0 N–H and O–H groups in total. The van der Waals surface area contributed by atoms with Gasteiger partial charge in [-0.05, 0) is 35.2 Å². The summed E-state index contributed by atoms with van der Waals surface area (Å²) in [6, 6.07) is 13.0. The third kappa shape index (κ3) is 3.61. The molecule has 1 aliphatic heterocycles. The molecule has 2 aromatic carbocycles. The minimum absolute atomic E-state index is 0.0652. The van der Waals surface area contributed by atoms with Crippen LogP contribution >= 0.6 is 11.3 Å². The third-order valence-electron chi connectivity index (χ3n) is 5.19. The average Bonchev–Trinajstić information content (AvgIpc) is 3.13. The maximum atomic E-state index is 13.9. The number of aromatic nitrogens is 1. The van der Waals surface area contributed by atoms with Crippen LogP contribution in [0.3, 0.4) is 0 Å². The SMILES string of the molecule is CC(C)(C)c1ccc(C(=O)N2CCN(c3nc4c(F)cccc4s3)CC2)cc1. The minimum atomic E-state index is -0.285. The van der Waals surface area contributed by atoms with Gasteiger partial charge in [-0.2, -0.15) is 0 Å². The van der Waals surface area contributed by atoms with Crippen molar-refractivity contribution in [3.8, 4) is 0 Å². The summed E-state index contributed by atoms with van der Waals surface area (Å²) in [5.41, 5.74) is 2.45. The number of para-hydroxylation sites is 1. The van der Waals surface area contributed by atoms with Crippen LogP contribution in [-0.2, 0) is 5.41 Å². The molecule has 4 rings (SSSR count). The van der Waals surface area contributed by atoms with Gasteiger partial charge in [0.1, 0.15) is 11.3 Å². The smallest absolute Gasteiger partial charge is 0.253 e. The van der Waals surface area contributed by atoms with E-state index >= 15 is 0 Å². The monoisotopic (exact) mass is 397 g/mol. The molecule has 6 heteroatoms. The Morgan fingerprint density at radius 2 is 1.71 bits per heavy atom. The van der Waals surface area contributed by atoms with Crippen LogP contribution in [0, 0.1) is 5.82 Å². The number of thiazole rings is 1. The van der Waals surface area contributed by atoms with Crippen LogP contribution < -0.4 is 4.90 Å². The summed E-state index contributed by atoms with van der Waals surface area (Å²) < 4.78 is 14.8. The van der Waals surface area contributed by atoms with Crippen molar-refractivity contribution in [1.29, 1.82) is 0 Å². The first-order valence-corrected chi connectivity index (χ1v) is 10.3. The van der Waals surface area contributed by atoms with Crippen molar-refractivity contribution in [3.05, 3.63) is 59.4 Å². The molecule has 146 valence electrons. The Kier molecular flexibility index (Phi) is 4.83. The van der Waals surface area contributed by atoms with Crippen LogP contribution in [0.15, 0.2) is 42.5 Å². The van der Waals surface area contributed by atoms with Crippen molar-refractivity contribution in [3.63, 3.8) is 0 Å². The molecule has 1 saturated heterocycles. The van der Waals surface area contributed by atoms with Crippen molar-refractivity contribution >= 4 is 32.6 Å². The number of amides is 1. The summed E-state index contributed by atoms with van der Waals surface area (Å²) in [6.07, 6.45) is 0. The first-order chi connectivity index (χ1) is 13.3. The van der Waals surface area contributed by atoms with Crippen LogP contribution in [0.25, 0.3) is 10.2 Å². The topological polar surface area (TPSA) is 36.4 Å². The molecule has 0 aliphatic carbocycles. The minimum Gasteiger partial charge on any atom is -0.345 e. The standard InChI is InChI=1S/C22H24FN3OS/c1-22(2,3)16-9-7-15(8-10-16)20(27)25-11-13-26(14-12-25)21-24-19-17(23)5-4-6-18(19)28-21/h4-10H,11-14H2,1-3H3. The molecular weight excluding hydrogens is 373 g/mol. The molecular formula is C22H24FN3OS. The van der Waals surface area contributed by atoms with Crippen molar-refractivity contribution in [2.24, 2.45) is 0 Å². The van der Waals surface area contributed by atoms with Gasteiger partial charge < -0.3 is 9.80 Å². The fraction of sp³-hybridized carbons (Fsp3) is 0.364. The van der Waals surface area contributed by atoms with Crippen LogP contribution in [-0.4, -0.2) is 42.0 Å². The lowest BCUT2D eigenvalue weighted by molar-refractivity contribution is 0.0746. The van der Waals surface area contributed by atoms with E-state index in [-0.39, 0.29) is 17.1 Å². The van der Waals surface area contributed by atoms with E-state index in [1.807, 2.05) is 35.2 Å². The lowest BCUT2D eigenvalue weighted by Gasteiger charge is -2.34. The van der Waals surface area contributed by atoms with E-state index < -0.39 is 0 Å². The lowest BCUT2D eigenvalue weighted by Crippen LogP contribution is -2.48. The summed E-state index contributed by atoms with van der Waals surface area (Å²) >= 11 is 1.50. The quantitative estimate of drug-likeness (QED) is 0.629. The fourth-order valence-electron chi connectivity index (χ4n) is 3.43. The summed E-state index contributed by atoms with van der Waals surface area (Å²) in [4.78, 5) is 21.3. The second-order valence-corrected chi connectivity index (χ2v) is 9.20. The number of hydrogen-bond donors (Lipinski definition) is 0. The van der Waals surface area contributed by atoms with E-state index in [0.29, 0.717) is 31.7 Å². The molecule has 2 heterocycles. The Balaban J connectivity index is 1.43. The molecule has 1 aromatic heterocycles. The number of carbonyl (C=O) groups is 1.